The van der Waals surface area contributed by atoms with Crippen LogP contribution in [0, 0.1) is 16.0 Å². The van der Waals surface area contributed by atoms with Crippen LogP contribution in [-0.4, -0.2) is 11.5 Å². The molecule has 96 valence electrons. The van der Waals surface area contributed by atoms with Crippen molar-refractivity contribution in [2.24, 2.45) is 5.92 Å². The molecule has 0 radical (unpaired) electrons. The van der Waals surface area contributed by atoms with E-state index < -0.39 is 0 Å². The monoisotopic (exact) mass is 246 g/mol. The number of nitro groups is 1. The van der Waals surface area contributed by atoms with Gasteiger partial charge >= 0.3 is 0 Å². The molecule has 0 aliphatic heterocycles. The van der Waals surface area contributed by atoms with Crippen LogP contribution in [0.4, 0.5) is 5.69 Å². The Balaban J connectivity index is 1.86. The Labute approximate surface area is 107 Å². The Morgan fingerprint density at radius 1 is 1.33 bits per heavy atom. The molecular formula is C14H18N2O2. The number of hydrogen-bond donors (Lipinski definition) is 1. The van der Waals surface area contributed by atoms with E-state index in [2.05, 4.69) is 17.5 Å². The van der Waals surface area contributed by atoms with Crippen molar-refractivity contribution < 1.29 is 4.92 Å². The number of nitrogens with zero attached hydrogens (tertiary/aromatic N) is 1. The number of nitro benzene ring substituents is 1. The summed E-state index contributed by atoms with van der Waals surface area (Å²) in [5.41, 5.74) is 0.961. The second-order valence-electron chi connectivity index (χ2n) is 4.67. The molecule has 0 spiro atoms. The van der Waals surface area contributed by atoms with Gasteiger partial charge < -0.3 is 5.32 Å². The minimum Gasteiger partial charge on any atom is -0.312 e. The standard InChI is InChI=1S/C14H18N2O2/c17-16(18)14-9-5-4-8-13(14)11-15-10-12-6-2-1-3-7-12/h1-2,4-5,8-9,12,15H,3,6-7,10-11H2. The van der Waals surface area contributed by atoms with E-state index in [0.717, 1.165) is 24.9 Å². The van der Waals surface area contributed by atoms with E-state index in [4.69, 9.17) is 0 Å². The van der Waals surface area contributed by atoms with E-state index in [1.807, 2.05) is 12.1 Å². The first-order valence-corrected chi connectivity index (χ1v) is 6.35. The Morgan fingerprint density at radius 3 is 2.89 bits per heavy atom. The first-order chi connectivity index (χ1) is 8.77. The maximum atomic E-state index is 10.9. The Kier molecular flexibility index (Phi) is 4.47. The highest BCUT2D eigenvalue weighted by molar-refractivity contribution is 5.39. The number of hydrogen-bond acceptors (Lipinski definition) is 3. The van der Waals surface area contributed by atoms with Gasteiger partial charge in [0.15, 0.2) is 0 Å². The van der Waals surface area contributed by atoms with Crippen LogP contribution in [0.15, 0.2) is 36.4 Å². The quantitative estimate of drug-likeness (QED) is 0.493. The summed E-state index contributed by atoms with van der Waals surface area (Å²) in [5, 5.41) is 14.2. The zero-order chi connectivity index (χ0) is 12.8. The zero-order valence-corrected chi connectivity index (χ0v) is 10.3. The molecule has 0 amide bonds. The molecule has 18 heavy (non-hydrogen) atoms. The fraction of sp³-hybridized carbons (Fsp3) is 0.429. The van der Waals surface area contributed by atoms with Gasteiger partial charge in [0.05, 0.1) is 4.92 Å². The third-order valence-corrected chi connectivity index (χ3v) is 3.31. The summed E-state index contributed by atoms with van der Waals surface area (Å²) < 4.78 is 0. The SMILES string of the molecule is O=[N+]([O-])c1ccccc1CNCC1CC=CCC1. The molecule has 1 unspecified atom stereocenters. The first-order valence-electron chi connectivity index (χ1n) is 6.35. The van der Waals surface area contributed by atoms with E-state index in [1.165, 1.54) is 6.42 Å². The molecule has 1 aliphatic rings. The molecule has 0 heterocycles. The van der Waals surface area contributed by atoms with Crippen LogP contribution in [-0.2, 0) is 6.54 Å². The number of rotatable bonds is 5. The topological polar surface area (TPSA) is 55.2 Å². The summed E-state index contributed by atoms with van der Waals surface area (Å²) in [6.07, 6.45) is 7.92. The van der Waals surface area contributed by atoms with Gasteiger partial charge in [0, 0.05) is 18.2 Å². The third-order valence-electron chi connectivity index (χ3n) is 3.31. The molecule has 1 aromatic rings. The average Bonchev–Trinajstić information content (AvgIpc) is 2.40. The molecule has 1 atom stereocenters. The normalized spacial score (nSPS) is 18.8. The lowest BCUT2D eigenvalue weighted by Crippen LogP contribution is -2.23. The zero-order valence-electron chi connectivity index (χ0n) is 10.3. The summed E-state index contributed by atoms with van der Waals surface area (Å²) in [6, 6.07) is 6.91. The lowest BCUT2D eigenvalue weighted by atomic mass is 9.94. The van der Waals surface area contributed by atoms with E-state index in [0.29, 0.717) is 12.5 Å². The molecule has 1 aromatic carbocycles. The Hall–Kier alpha value is -1.68. The summed E-state index contributed by atoms with van der Waals surface area (Å²) in [7, 11) is 0. The number of para-hydroxylation sites is 1. The van der Waals surface area contributed by atoms with Gasteiger partial charge in [0.25, 0.3) is 5.69 Å². The average molecular weight is 246 g/mol. The summed E-state index contributed by atoms with van der Waals surface area (Å²) >= 11 is 0. The number of benzene rings is 1. The van der Waals surface area contributed by atoms with Crippen LogP contribution in [0.1, 0.15) is 24.8 Å². The predicted molar refractivity (Wildman–Crippen MR) is 71.3 cm³/mol. The lowest BCUT2D eigenvalue weighted by Gasteiger charge is -2.18. The van der Waals surface area contributed by atoms with E-state index >= 15 is 0 Å². The van der Waals surface area contributed by atoms with Crippen LogP contribution in [0.2, 0.25) is 0 Å². The maximum absolute atomic E-state index is 10.9. The lowest BCUT2D eigenvalue weighted by molar-refractivity contribution is -0.385. The molecule has 1 aliphatic carbocycles. The molecule has 0 saturated heterocycles. The second-order valence-corrected chi connectivity index (χ2v) is 4.67. The van der Waals surface area contributed by atoms with Gasteiger partial charge in [-0.15, -0.1) is 0 Å². The highest BCUT2D eigenvalue weighted by Crippen LogP contribution is 2.19. The summed E-state index contributed by atoms with van der Waals surface area (Å²) in [5.74, 6) is 0.665. The van der Waals surface area contributed by atoms with Crippen molar-refractivity contribution >= 4 is 5.69 Å². The molecule has 0 aromatic heterocycles. The van der Waals surface area contributed by atoms with Gasteiger partial charge in [-0.05, 0) is 31.7 Å². The van der Waals surface area contributed by atoms with Crippen LogP contribution in [0.5, 0.6) is 0 Å². The van der Waals surface area contributed by atoms with Crippen molar-refractivity contribution in [1.29, 1.82) is 0 Å². The van der Waals surface area contributed by atoms with Gasteiger partial charge in [-0.25, -0.2) is 0 Å². The minimum absolute atomic E-state index is 0.202. The van der Waals surface area contributed by atoms with Crippen molar-refractivity contribution in [3.05, 3.63) is 52.1 Å². The third kappa shape index (κ3) is 3.40. The molecule has 2 rings (SSSR count). The van der Waals surface area contributed by atoms with Crippen LogP contribution in [0.3, 0.4) is 0 Å². The highest BCUT2D eigenvalue weighted by Gasteiger charge is 2.13. The number of nitrogens with one attached hydrogen (secondary N) is 1. The van der Waals surface area contributed by atoms with Gasteiger partial charge in [-0.1, -0.05) is 30.4 Å². The molecule has 0 fully saturated rings. The van der Waals surface area contributed by atoms with E-state index in [9.17, 15) is 10.1 Å². The fourth-order valence-corrected chi connectivity index (χ4v) is 2.29. The van der Waals surface area contributed by atoms with E-state index in [-0.39, 0.29) is 10.6 Å². The van der Waals surface area contributed by atoms with Crippen molar-refractivity contribution in [2.45, 2.75) is 25.8 Å². The first kappa shape index (κ1) is 12.8. The second kappa shape index (κ2) is 6.31. The molecule has 4 heteroatoms. The molecule has 4 nitrogen and oxygen atoms in total. The van der Waals surface area contributed by atoms with Crippen molar-refractivity contribution in [3.63, 3.8) is 0 Å². The molecular weight excluding hydrogens is 228 g/mol. The fourth-order valence-electron chi connectivity index (χ4n) is 2.29. The highest BCUT2D eigenvalue weighted by atomic mass is 16.6. The summed E-state index contributed by atoms with van der Waals surface area (Å²) in [6.45, 7) is 1.49. The van der Waals surface area contributed by atoms with Gasteiger partial charge in [0.1, 0.15) is 0 Å². The molecule has 1 N–H and O–H groups in total. The van der Waals surface area contributed by atoms with E-state index in [1.54, 1.807) is 12.1 Å². The van der Waals surface area contributed by atoms with Crippen LogP contribution in [0.25, 0.3) is 0 Å². The van der Waals surface area contributed by atoms with Gasteiger partial charge in [-0.3, -0.25) is 10.1 Å². The van der Waals surface area contributed by atoms with Crippen molar-refractivity contribution in [2.75, 3.05) is 6.54 Å². The largest absolute Gasteiger partial charge is 0.312 e. The summed E-state index contributed by atoms with van der Waals surface area (Å²) in [4.78, 5) is 10.5. The van der Waals surface area contributed by atoms with Gasteiger partial charge in [-0.2, -0.15) is 0 Å². The van der Waals surface area contributed by atoms with Gasteiger partial charge in [0.2, 0.25) is 0 Å². The Morgan fingerprint density at radius 2 is 2.17 bits per heavy atom. The van der Waals surface area contributed by atoms with Crippen molar-refractivity contribution in [1.82, 2.24) is 5.32 Å². The predicted octanol–water partition coefficient (Wildman–Crippen LogP) is 3.04. The minimum atomic E-state index is -0.319. The molecule has 0 saturated carbocycles. The maximum Gasteiger partial charge on any atom is 0.273 e. The van der Waals surface area contributed by atoms with Crippen LogP contribution < -0.4 is 5.32 Å². The Bertz CT molecular complexity index is 443. The van der Waals surface area contributed by atoms with Crippen LogP contribution >= 0.6 is 0 Å². The molecule has 0 bridgehead atoms. The van der Waals surface area contributed by atoms with Crippen molar-refractivity contribution in [3.8, 4) is 0 Å². The number of allylic oxidation sites excluding steroid dienone is 2. The smallest absolute Gasteiger partial charge is 0.273 e.